The third kappa shape index (κ3) is 5.20. The molecule has 0 radical (unpaired) electrons. The highest BCUT2D eigenvalue weighted by atomic mass is 32.2. The van der Waals surface area contributed by atoms with E-state index in [1.165, 1.54) is 0 Å². The first-order valence-electron chi connectivity index (χ1n) is 11.2. The molecule has 34 heavy (non-hydrogen) atoms. The van der Waals surface area contributed by atoms with Crippen LogP contribution in [-0.4, -0.2) is 66.5 Å². The average Bonchev–Trinajstić information content (AvgIpc) is 3.43. The zero-order valence-corrected chi connectivity index (χ0v) is 19.7. The van der Waals surface area contributed by atoms with Crippen molar-refractivity contribution in [3.8, 4) is 11.1 Å². The van der Waals surface area contributed by atoms with Crippen molar-refractivity contribution in [1.82, 2.24) is 10.6 Å². The molecule has 3 atom stereocenters. The smallest absolute Gasteiger partial charge is 0.407 e. The Hall–Kier alpha value is -3.04. The first-order chi connectivity index (χ1) is 16.5. The third-order valence-electron chi connectivity index (χ3n) is 6.23. The van der Waals surface area contributed by atoms with Gasteiger partial charge in [-0.1, -0.05) is 48.5 Å². The van der Waals surface area contributed by atoms with Crippen LogP contribution in [0.2, 0.25) is 0 Å². The number of hydrogen-bond acceptors (Lipinski definition) is 6. The van der Waals surface area contributed by atoms with Crippen molar-refractivity contribution >= 4 is 29.7 Å². The number of fused-ring (bicyclic) bond motifs is 3. The minimum atomic E-state index is -1.12. The van der Waals surface area contributed by atoms with Crippen molar-refractivity contribution in [1.29, 1.82) is 0 Å². The number of carbonyl (C=O) groups is 3. The molecule has 180 valence electrons. The van der Waals surface area contributed by atoms with Crippen molar-refractivity contribution < 1.29 is 29.0 Å². The summed E-state index contributed by atoms with van der Waals surface area (Å²) < 4.78 is 10.8. The standard InChI is InChI=1S/C25H28N2O6S/c1-34-13-11-21(23(28)26-20-10-12-32-22(20)24(29)30)27-25(31)33-14-19-17-8-4-2-6-15(17)16-7-3-5-9-18(16)19/h2-9,19-22H,10-14H2,1H3,(H,26,28)(H,27,31)(H,29,30)/t20-,21+,22+/m1/s1. The van der Waals surface area contributed by atoms with E-state index in [1.807, 2.05) is 42.7 Å². The molecule has 8 nitrogen and oxygen atoms in total. The normalized spacial score (nSPS) is 19.7. The predicted octanol–water partition coefficient (Wildman–Crippen LogP) is 3.01. The molecular weight excluding hydrogens is 456 g/mol. The fourth-order valence-electron chi connectivity index (χ4n) is 4.55. The topological polar surface area (TPSA) is 114 Å². The van der Waals surface area contributed by atoms with Gasteiger partial charge in [-0.15, -0.1) is 0 Å². The predicted molar refractivity (Wildman–Crippen MR) is 129 cm³/mol. The number of benzene rings is 2. The van der Waals surface area contributed by atoms with Gasteiger partial charge in [0.15, 0.2) is 6.10 Å². The lowest BCUT2D eigenvalue weighted by Gasteiger charge is -2.22. The van der Waals surface area contributed by atoms with Gasteiger partial charge in [-0.2, -0.15) is 11.8 Å². The number of ether oxygens (including phenoxy) is 2. The number of carbonyl (C=O) groups excluding carboxylic acids is 2. The lowest BCUT2D eigenvalue weighted by atomic mass is 9.98. The molecule has 0 unspecified atom stereocenters. The SMILES string of the molecule is CSCC[C@H](NC(=O)OCC1c2ccccc2-c2ccccc21)C(=O)N[C@@H]1CCO[C@@H]1C(=O)O. The number of nitrogens with one attached hydrogen (secondary N) is 2. The minimum Gasteiger partial charge on any atom is -0.479 e. The Labute approximate surface area is 202 Å². The maximum absolute atomic E-state index is 12.9. The first-order valence-corrected chi connectivity index (χ1v) is 12.6. The van der Waals surface area contributed by atoms with E-state index >= 15 is 0 Å². The number of aliphatic carboxylic acids is 1. The highest BCUT2D eigenvalue weighted by molar-refractivity contribution is 7.98. The monoisotopic (exact) mass is 484 g/mol. The molecule has 1 aliphatic heterocycles. The lowest BCUT2D eigenvalue weighted by molar-refractivity contribution is -0.148. The van der Waals surface area contributed by atoms with E-state index in [0.29, 0.717) is 18.6 Å². The van der Waals surface area contributed by atoms with E-state index in [1.54, 1.807) is 11.8 Å². The molecule has 2 amide bonds. The summed E-state index contributed by atoms with van der Waals surface area (Å²) in [5.41, 5.74) is 4.48. The van der Waals surface area contributed by atoms with E-state index in [4.69, 9.17) is 9.47 Å². The molecule has 0 saturated carbocycles. The van der Waals surface area contributed by atoms with Crippen molar-refractivity contribution in [2.75, 3.05) is 25.2 Å². The summed E-state index contributed by atoms with van der Waals surface area (Å²) in [6.07, 6.45) is 0.944. The Morgan fingerprint density at radius 2 is 1.76 bits per heavy atom. The summed E-state index contributed by atoms with van der Waals surface area (Å²) in [6.45, 7) is 0.408. The van der Waals surface area contributed by atoms with Gasteiger partial charge in [-0.3, -0.25) is 4.79 Å². The quantitative estimate of drug-likeness (QED) is 0.501. The van der Waals surface area contributed by atoms with E-state index in [-0.39, 0.29) is 19.1 Å². The summed E-state index contributed by atoms with van der Waals surface area (Å²) in [6, 6.07) is 14.7. The van der Waals surface area contributed by atoms with Gasteiger partial charge < -0.3 is 25.2 Å². The van der Waals surface area contributed by atoms with Crippen LogP contribution in [-0.2, 0) is 19.1 Å². The second kappa shape index (κ2) is 10.9. The molecule has 2 aromatic carbocycles. The van der Waals surface area contributed by atoms with Gasteiger partial charge in [0, 0.05) is 12.5 Å². The van der Waals surface area contributed by atoms with Crippen LogP contribution in [0, 0.1) is 0 Å². The molecule has 2 aliphatic rings. The first kappa shape index (κ1) is 24.1. The van der Waals surface area contributed by atoms with Gasteiger partial charge >= 0.3 is 12.1 Å². The lowest BCUT2D eigenvalue weighted by Crippen LogP contribution is -2.53. The summed E-state index contributed by atoms with van der Waals surface area (Å²) in [5, 5.41) is 14.7. The highest BCUT2D eigenvalue weighted by Gasteiger charge is 2.37. The Balaban J connectivity index is 1.39. The molecule has 3 N–H and O–H groups in total. The Morgan fingerprint density at radius 3 is 2.38 bits per heavy atom. The summed E-state index contributed by atoms with van der Waals surface area (Å²) >= 11 is 1.55. The number of carboxylic acids is 1. The van der Waals surface area contributed by atoms with Crippen LogP contribution in [0.5, 0.6) is 0 Å². The average molecular weight is 485 g/mol. The van der Waals surface area contributed by atoms with Crippen LogP contribution in [0.1, 0.15) is 29.9 Å². The molecule has 1 fully saturated rings. The summed E-state index contributed by atoms with van der Waals surface area (Å²) in [7, 11) is 0. The molecule has 2 aromatic rings. The van der Waals surface area contributed by atoms with Crippen LogP contribution < -0.4 is 10.6 Å². The molecule has 0 aromatic heterocycles. The fourth-order valence-corrected chi connectivity index (χ4v) is 5.02. The number of carboxylic acid groups (broad SMARTS) is 1. The number of thioether (sulfide) groups is 1. The fraction of sp³-hybridized carbons (Fsp3) is 0.400. The van der Waals surface area contributed by atoms with Crippen LogP contribution in [0.25, 0.3) is 11.1 Å². The van der Waals surface area contributed by atoms with Gasteiger partial charge in [0.25, 0.3) is 0 Å². The second-order valence-corrected chi connectivity index (χ2v) is 9.32. The Kier molecular flexibility index (Phi) is 7.74. The molecular formula is C25H28N2O6S. The maximum atomic E-state index is 12.9. The van der Waals surface area contributed by atoms with E-state index in [2.05, 4.69) is 22.8 Å². The largest absolute Gasteiger partial charge is 0.479 e. The van der Waals surface area contributed by atoms with Crippen molar-refractivity contribution in [3.05, 3.63) is 59.7 Å². The van der Waals surface area contributed by atoms with E-state index in [9.17, 15) is 19.5 Å². The molecule has 4 rings (SSSR count). The molecule has 9 heteroatoms. The maximum Gasteiger partial charge on any atom is 0.407 e. The van der Waals surface area contributed by atoms with E-state index < -0.39 is 36.2 Å². The van der Waals surface area contributed by atoms with Crippen LogP contribution in [0.3, 0.4) is 0 Å². The zero-order chi connectivity index (χ0) is 24.1. The third-order valence-corrected chi connectivity index (χ3v) is 6.87. The van der Waals surface area contributed by atoms with Crippen molar-refractivity contribution in [2.24, 2.45) is 0 Å². The minimum absolute atomic E-state index is 0.0800. The van der Waals surface area contributed by atoms with Gasteiger partial charge in [0.05, 0.1) is 6.04 Å². The number of rotatable bonds is 9. The summed E-state index contributed by atoms with van der Waals surface area (Å²) in [4.78, 5) is 36.9. The Bertz CT molecular complexity index is 1020. The molecule has 1 heterocycles. The van der Waals surface area contributed by atoms with Gasteiger partial charge in [0.1, 0.15) is 12.6 Å². The van der Waals surface area contributed by atoms with Crippen LogP contribution >= 0.6 is 11.8 Å². The summed E-state index contributed by atoms with van der Waals surface area (Å²) in [5.74, 6) is -0.994. The number of alkyl carbamates (subject to hydrolysis) is 1. The number of amides is 2. The highest BCUT2D eigenvalue weighted by Crippen LogP contribution is 2.44. The molecule has 0 bridgehead atoms. The van der Waals surface area contributed by atoms with Crippen molar-refractivity contribution in [3.63, 3.8) is 0 Å². The zero-order valence-electron chi connectivity index (χ0n) is 18.9. The molecule has 1 saturated heterocycles. The Morgan fingerprint density at radius 1 is 1.12 bits per heavy atom. The van der Waals surface area contributed by atoms with Gasteiger partial charge in [-0.25, -0.2) is 9.59 Å². The van der Waals surface area contributed by atoms with Crippen LogP contribution in [0.4, 0.5) is 4.79 Å². The number of hydrogen-bond donors (Lipinski definition) is 3. The molecule has 0 spiro atoms. The van der Waals surface area contributed by atoms with Crippen molar-refractivity contribution in [2.45, 2.75) is 36.9 Å². The van der Waals surface area contributed by atoms with Gasteiger partial charge in [-0.05, 0) is 47.1 Å². The van der Waals surface area contributed by atoms with E-state index in [0.717, 1.165) is 22.3 Å². The molecule has 1 aliphatic carbocycles. The second-order valence-electron chi connectivity index (χ2n) is 8.34. The van der Waals surface area contributed by atoms with Crippen LogP contribution in [0.15, 0.2) is 48.5 Å². The van der Waals surface area contributed by atoms with Gasteiger partial charge in [0.2, 0.25) is 5.91 Å².